The monoisotopic (exact) mass is 381 g/mol. The largest absolute Gasteiger partial charge is 0.318 e. The van der Waals surface area contributed by atoms with Crippen LogP contribution in [0, 0.1) is 37.8 Å². The van der Waals surface area contributed by atoms with Crippen LogP contribution in [0.4, 0.5) is 11.4 Å². The quantitative estimate of drug-likeness (QED) is 0.315. The van der Waals surface area contributed by atoms with Crippen molar-refractivity contribution in [1.29, 1.82) is 0 Å². The van der Waals surface area contributed by atoms with Gasteiger partial charge in [-0.15, -0.1) is 0 Å². The lowest BCUT2D eigenvalue weighted by atomic mass is 10.1. The van der Waals surface area contributed by atoms with Gasteiger partial charge in [-0.25, -0.2) is 0 Å². The van der Waals surface area contributed by atoms with E-state index in [0.29, 0.717) is 16.3 Å². The van der Waals surface area contributed by atoms with Crippen LogP contribution in [0.2, 0.25) is 5.02 Å². The van der Waals surface area contributed by atoms with Gasteiger partial charge in [0.2, 0.25) is 0 Å². The number of aromatic nitrogens is 1. The van der Waals surface area contributed by atoms with Gasteiger partial charge in [-0.1, -0.05) is 17.7 Å². The first kappa shape index (κ1) is 18.9. The molecule has 5 nitrogen and oxygen atoms in total. The summed E-state index contributed by atoms with van der Waals surface area (Å²) in [6, 6.07) is 13.1. The number of benzene rings is 2. The van der Waals surface area contributed by atoms with Gasteiger partial charge in [-0.3, -0.25) is 15.1 Å². The molecular formula is C21H20ClN3O2. The molecule has 0 unspecified atom stereocenters. The summed E-state index contributed by atoms with van der Waals surface area (Å²) in [6.07, 6.45) is 1.75. The van der Waals surface area contributed by atoms with Crippen molar-refractivity contribution in [3.63, 3.8) is 0 Å². The Bertz CT molecular complexity index is 1070. The van der Waals surface area contributed by atoms with E-state index in [-0.39, 0.29) is 10.6 Å². The number of nitrogens with zero attached hydrogens (tertiary/aromatic N) is 3. The average molecular weight is 382 g/mol. The summed E-state index contributed by atoms with van der Waals surface area (Å²) in [4.78, 5) is 15.3. The molecule has 0 saturated carbocycles. The summed E-state index contributed by atoms with van der Waals surface area (Å²) in [5, 5.41) is 11.9. The highest BCUT2D eigenvalue weighted by molar-refractivity contribution is 6.30. The molecule has 0 aliphatic carbocycles. The van der Waals surface area contributed by atoms with Gasteiger partial charge < -0.3 is 4.57 Å². The van der Waals surface area contributed by atoms with E-state index in [4.69, 9.17) is 11.6 Å². The second-order valence-electron chi connectivity index (χ2n) is 6.56. The van der Waals surface area contributed by atoms with Crippen molar-refractivity contribution in [2.24, 2.45) is 4.99 Å². The van der Waals surface area contributed by atoms with Crippen LogP contribution in [0.15, 0.2) is 47.5 Å². The average Bonchev–Trinajstić information content (AvgIpc) is 2.89. The molecular weight excluding hydrogens is 362 g/mol. The lowest BCUT2D eigenvalue weighted by molar-refractivity contribution is -0.385. The van der Waals surface area contributed by atoms with Crippen molar-refractivity contribution in [3.05, 3.63) is 85.7 Å². The Kier molecular flexibility index (Phi) is 5.15. The fourth-order valence-electron chi connectivity index (χ4n) is 3.16. The smallest absolute Gasteiger partial charge is 0.274 e. The molecule has 3 rings (SSSR count). The van der Waals surface area contributed by atoms with Crippen LogP contribution in [0.1, 0.15) is 28.1 Å². The molecule has 0 aliphatic heterocycles. The highest BCUT2D eigenvalue weighted by Gasteiger charge is 2.14. The summed E-state index contributed by atoms with van der Waals surface area (Å²) in [5.41, 5.74) is 6.19. The van der Waals surface area contributed by atoms with Gasteiger partial charge in [-0.2, -0.15) is 0 Å². The Hall–Kier alpha value is -2.92. The van der Waals surface area contributed by atoms with Crippen LogP contribution >= 0.6 is 11.6 Å². The van der Waals surface area contributed by atoms with Crippen molar-refractivity contribution in [3.8, 4) is 5.69 Å². The van der Waals surface area contributed by atoms with E-state index in [1.165, 1.54) is 6.07 Å². The van der Waals surface area contributed by atoms with Gasteiger partial charge >= 0.3 is 0 Å². The molecule has 0 bridgehead atoms. The highest BCUT2D eigenvalue weighted by atomic mass is 35.5. The highest BCUT2D eigenvalue weighted by Crippen LogP contribution is 2.28. The maximum absolute atomic E-state index is 11.2. The number of aliphatic imine (C=N–C) groups is 1. The van der Waals surface area contributed by atoms with E-state index in [1.807, 2.05) is 57.2 Å². The standard InChI is InChI=1S/C21H20ClN3O2/c1-13-8-19(11-21(15(13)3)25(26)27)23-12-17-9-14(2)24(16(17)4)20-7-5-6-18(22)10-20/h5-12H,1-4H3. The van der Waals surface area contributed by atoms with Crippen LogP contribution in [0.25, 0.3) is 5.69 Å². The third kappa shape index (κ3) is 3.78. The maximum atomic E-state index is 11.2. The number of hydrogen-bond donors (Lipinski definition) is 0. The zero-order valence-corrected chi connectivity index (χ0v) is 16.4. The SMILES string of the molecule is Cc1cc(N=Cc2cc(C)n(-c3cccc(Cl)c3)c2C)cc([N+](=O)[O-])c1C. The van der Waals surface area contributed by atoms with Crippen LogP contribution in [-0.4, -0.2) is 15.7 Å². The number of hydrogen-bond acceptors (Lipinski definition) is 3. The second-order valence-corrected chi connectivity index (χ2v) is 7.00. The third-order valence-corrected chi connectivity index (χ3v) is 4.95. The van der Waals surface area contributed by atoms with Crippen molar-refractivity contribution in [2.75, 3.05) is 0 Å². The molecule has 0 aliphatic rings. The van der Waals surface area contributed by atoms with Crippen LogP contribution < -0.4 is 0 Å². The van der Waals surface area contributed by atoms with E-state index in [0.717, 1.165) is 28.2 Å². The molecule has 1 aromatic heterocycles. The number of nitro groups is 1. The van der Waals surface area contributed by atoms with Crippen molar-refractivity contribution in [1.82, 2.24) is 4.57 Å². The Morgan fingerprint density at radius 1 is 1.11 bits per heavy atom. The summed E-state index contributed by atoms with van der Waals surface area (Å²) < 4.78 is 2.11. The lowest BCUT2D eigenvalue weighted by Gasteiger charge is -2.09. The molecule has 27 heavy (non-hydrogen) atoms. The Balaban J connectivity index is 2.00. The second kappa shape index (κ2) is 7.37. The van der Waals surface area contributed by atoms with Gasteiger partial charge in [0.1, 0.15) is 0 Å². The van der Waals surface area contributed by atoms with Gasteiger partial charge in [-0.05, 0) is 63.6 Å². The molecule has 0 atom stereocenters. The first-order chi connectivity index (χ1) is 12.8. The molecule has 138 valence electrons. The molecule has 3 aromatic rings. The Labute approximate surface area is 163 Å². The predicted octanol–water partition coefficient (Wildman–Crippen LogP) is 6.02. The minimum Gasteiger partial charge on any atom is -0.318 e. The minimum absolute atomic E-state index is 0.0894. The molecule has 2 aromatic carbocycles. The number of rotatable bonds is 4. The summed E-state index contributed by atoms with van der Waals surface area (Å²) in [5.74, 6) is 0. The van der Waals surface area contributed by atoms with E-state index < -0.39 is 0 Å². The fraction of sp³-hybridized carbons (Fsp3) is 0.190. The van der Waals surface area contributed by atoms with E-state index >= 15 is 0 Å². The van der Waals surface area contributed by atoms with Gasteiger partial charge in [0.25, 0.3) is 5.69 Å². The summed E-state index contributed by atoms with van der Waals surface area (Å²) in [7, 11) is 0. The van der Waals surface area contributed by atoms with Gasteiger partial charge in [0.05, 0.1) is 10.6 Å². The zero-order valence-electron chi connectivity index (χ0n) is 15.7. The summed E-state index contributed by atoms with van der Waals surface area (Å²) in [6.45, 7) is 7.64. The van der Waals surface area contributed by atoms with Crippen LogP contribution in [-0.2, 0) is 0 Å². The fourth-order valence-corrected chi connectivity index (χ4v) is 3.35. The molecule has 1 heterocycles. The predicted molar refractivity (Wildman–Crippen MR) is 110 cm³/mol. The molecule has 0 fully saturated rings. The normalized spacial score (nSPS) is 11.3. The summed E-state index contributed by atoms with van der Waals surface area (Å²) >= 11 is 6.12. The van der Waals surface area contributed by atoms with Crippen molar-refractivity contribution >= 4 is 29.2 Å². The van der Waals surface area contributed by atoms with E-state index in [9.17, 15) is 10.1 Å². The third-order valence-electron chi connectivity index (χ3n) is 4.71. The first-order valence-corrected chi connectivity index (χ1v) is 8.90. The molecule has 0 radical (unpaired) electrons. The molecule has 0 amide bonds. The van der Waals surface area contributed by atoms with Crippen molar-refractivity contribution in [2.45, 2.75) is 27.7 Å². The maximum Gasteiger partial charge on any atom is 0.274 e. The molecule has 0 N–H and O–H groups in total. The van der Waals surface area contributed by atoms with Crippen LogP contribution in [0.5, 0.6) is 0 Å². The Morgan fingerprint density at radius 3 is 2.52 bits per heavy atom. The molecule has 0 spiro atoms. The minimum atomic E-state index is -0.369. The topological polar surface area (TPSA) is 60.4 Å². The molecule has 0 saturated heterocycles. The van der Waals surface area contributed by atoms with Crippen LogP contribution in [0.3, 0.4) is 0 Å². The number of halogens is 1. The van der Waals surface area contributed by atoms with Gasteiger partial charge in [0.15, 0.2) is 0 Å². The van der Waals surface area contributed by atoms with Crippen molar-refractivity contribution < 1.29 is 4.92 Å². The lowest BCUT2D eigenvalue weighted by Crippen LogP contribution is -1.99. The van der Waals surface area contributed by atoms with E-state index in [2.05, 4.69) is 9.56 Å². The Morgan fingerprint density at radius 2 is 1.85 bits per heavy atom. The van der Waals surface area contributed by atoms with E-state index in [1.54, 1.807) is 13.1 Å². The number of aryl methyl sites for hydroxylation is 2. The number of nitro benzene ring substituents is 1. The van der Waals surface area contributed by atoms with Gasteiger partial charge in [0, 0.05) is 45.5 Å². The molecule has 6 heteroatoms. The zero-order chi connectivity index (χ0) is 19.7. The first-order valence-electron chi connectivity index (χ1n) is 8.52.